The predicted octanol–water partition coefficient (Wildman–Crippen LogP) is 5.45. The van der Waals surface area contributed by atoms with E-state index in [2.05, 4.69) is 21.7 Å². The number of anilines is 2. The van der Waals surface area contributed by atoms with Crippen LogP contribution >= 0.6 is 0 Å². The molecule has 2 aromatic heterocycles. The Hall–Kier alpha value is -3.21. The molecule has 1 aliphatic rings. The monoisotopic (exact) mass is 385 g/mol. The summed E-state index contributed by atoms with van der Waals surface area (Å²) >= 11 is 0. The maximum atomic E-state index is 4.75. The lowest BCUT2D eigenvalue weighted by Gasteiger charge is -2.14. The number of rotatable bonds is 8. The standard InChI is InChI=1S/C24H27N5/c1-3-7-19(8-4-1)13-16-26-22-17-23(27-18-20-11-14-25-15-12-20)29-24(28-22)21-9-5-2-6-10-21/h2,5-7,9-12,14-15,17H,1,3-4,8,13,16,18H2,(H2,26,27,28,29). The smallest absolute Gasteiger partial charge is 0.163 e. The van der Waals surface area contributed by atoms with Crippen LogP contribution in [0.25, 0.3) is 11.4 Å². The van der Waals surface area contributed by atoms with Crippen LogP contribution < -0.4 is 10.6 Å². The van der Waals surface area contributed by atoms with Gasteiger partial charge in [-0.3, -0.25) is 4.98 Å². The van der Waals surface area contributed by atoms with Crippen molar-refractivity contribution in [1.82, 2.24) is 15.0 Å². The van der Waals surface area contributed by atoms with Crippen LogP contribution in [0.15, 0.2) is 72.6 Å². The first-order valence-corrected chi connectivity index (χ1v) is 10.4. The van der Waals surface area contributed by atoms with Gasteiger partial charge in [-0.1, -0.05) is 42.0 Å². The molecule has 0 saturated carbocycles. The SMILES string of the molecule is C1=C(CCNc2cc(NCc3ccncc3)nc(-c3ccccc3)n2)CCCC1. The lowest BCUT2D eigenvalue weighted by molar-refractivity contribution is 0.679. The summed E-state index contributed by atoms with van der Waals surface area (Å²) in [6, 6.07) is 16.1. The van der Waals surface area contributed by atoms with Crippen molar-refractivity contribution in [3.63, 3.8) is 0 Å². The Morgan fingerprint density at radius 1 is 0.862 bits per heavy atom. The summed E-state index contributed by atoms with van der Waals surface area (Å²) in [5.41, 5.74) is 3.74. The number of aromatic nitrogens is 3. The molecule has 0 atom stereocenters. The summed E-state index contributed by atoms with van der Waals surface area (Å²) in [4.78, 5) is 13.5. The zero-order chi connectivity index (χ0) is 19.7. The maximum Gasteiger partial charge on any atom is 0.163 e. The molecule has 0 fully saturated rings. The van der Waals surface area contributed by atoms with Crippen molar-refractivity contribution in [2.75, 3.05) is 17.2 Å². The first kappa shape index (κ1) is 19.1. The quantitative estimate of drug-likeness (QED) is 0.505. The van der Waals surface area contributed by atoms with Gasteiger partial charge in [0.15, 0.2) is 5.82 Å². The highest BCUT2D eigenvalue weighted by Gasteiger charge is 2.08. The van der Waals surface area contributed by atoms with Crippen molar-refractivity contribution in [1.29, 1.82) is 0 Å². The average Bonchev–Trinajstić information content (AvgIpc) is 2.80. The Kier molecular flexibility index (Phi) is 6.48. The molecule has 1 aliphatic carbocycles. The number of hydrogen-bond donors (Lipinski definition) is 2. The van der Waals surface area contributed by atoms with Crippen molar-refractivity contribution in [2.45, 2.75) is 38.6 Å². The van der Waals surface area contributed by atoms with E-state index < -0.39 is 0 Å². The maximum absolute atomic E-state index is 4.75. The number of nitrogens with one attached hydrogen (secondary N) is 2. The molecular weight excluding hydrogens is 358 g/mol. The molecule has 2 heterocycles. The lowest BCUT2D eigenvalue weighted by Crippen LogP contribution is -2.09. The number of benzene rings is 1. The van der Waals surface area contributed by atoms with Crippen molar-refractivity contribution in [3.05, 3.63) is 78.1 Å². The van der Waals surface area contributed by atoms with E-state index in [0.717, 1.165) is 36.0 Å². The van der Waals surface area contributed by atoms with Crippen LogP contribution in [0.4, 0.5) is 11.6 Å². The van der Waals surface area contributed by atoms with Gasteiger partial charge in [-0.25, -0.2) is 9.97 Å². The Morgan fingerprint density at radius 3 is 2.41 bits per heavy atom. The summed E-state index contributed by atoms with van der Waals surface area (Å²) in [5, 5.41) is 6.92. The number of allylic oxidation sites excluding steroid dienone is 1. The highest BCUT2D eigenvalue weighted by molar-refractivity contribution is 5.61. The molecule has 148 valence electrons. The molecule has 0 bridgehead atoms. The van der Waals surface area contributed by atoms with Crippen molar-refractivity contribution in [3.8, 4) is 11.4 Å². The van der Waals surface area contributed by atoms with E-state index in [1.807, 2.05) is 48.5 Å². The van der Waals surface area contributed by atoms with Crippen molar-refractivity contribution < 1.29 is 0 Å². The van der Waals surface area contributed by atoms with Gasteiger partial charge < -0.3 is 10.6 Å². The topological polar surface area (TPSA) is 62.7 Å². The minimum atomic E-state index is 0.695. The van der Waals surface area contributed by atoms with E-state index in [1.165, 1.54) is 31.2 Å². The molecule has 2 N–H and O–H groups in total. The van der Waals surface area contributed by atoms with Crippen LogP contribution in [0.5, 0.6) is 0 Å². The summed E-state index contributed by atoms with van der Waals surface area (Å²) in [6.45, 7) is 1.58. The van der Waals surface area contributed by atoms with Gasteiger partial charge in [0.2, 0.25) is 0 Å². The fourth-order valence-corrected chi connectivity index (χ4v) is 3.52. The van der Waals surface area contributed by atoms with Crippen LogP contribution in [0.3, 0.4) is 0 Å². The Bertz CT molecular complexity index is 938. The normalized spacial score (nSPS) is 13.6. The van der Waals surface area contributed by atoms with Crippen LogP contribution in [-0.2, 0) is 6.54 Å². The number of hydrogen-bond acceptors (Lipinski definition) is 5. The fourth-order valence-electron chi connectivity index (χ4n) is 3.52. The predicted molar refractivity (Wildman–Crippen MR) is 119 cm³/mol. The summed E-state index contributed by atoms with van der Waals surface area (Å²) in [7, 11) is 0. The molecule has 5 heteroatoms. The first-order valence-electron chi connectivity index (χ1n) is 10.4. The molecule has 1 aromatic carbocycles. The van der Waals surface area contributed by atoms with E-state index in [0.29, 0.717) is 6.54 Å². The molecular formula is C24H27N5. The Morgan fingerprint density at radius 2 is 1.66 bits per heavy atom. The molecule has 0 radical (unpaired) electrons. The molecule has 0 unspecified atom stereocenters. The minimum absolute atomic E-state index is 0.695. The molecule has 0 amide bonds. The molecule has 0 saturated heterocycles. The van der Waals surface area contributed by atoms with Crippen LogP contribution in [-0.4, -0.2) is 21.5 Å². The first-order chi connectivity index (χ1) is 14.4. The van der Waals surface area contributed by atoms with Gasteiger partial charge in [0.05, 0.1) is 0 Å². The van der Waals surface area contributed by atoms with Gasteiger partial charge in [-0.2, -0.15) is 0 Å². The summed E-state index contributed by atoms with van der Waals surface area (Å²) in [6.07, 6.45) is 12.2. The zero-order valence-electron chi connectivity index (χ0n) is 16.6. The molecule has 29 heavy (non-hydrogen) atoms. The van der Waals surface area contributed by atoms with Crippen molar-refractivity contribution >= 4 is 11.6 Å². The van der Waals surface area contributed by atoms with Crippen molar-refractivity contribution in [2.24, 2.45) is 0 Å². The van der Waals surface area contributed by atoms with E-state index in [1.54, 1.807) is 18.0 Å². The van der Waals surface area contributed by atoms with Gasteiger partial charge in [-0.15, -0.1) is 0 Å². The third-order valence-corrected chi connectivity index (χ3v) is 5.12. The van der Waals surface area contributed by atoms with Gasteiger partial charge in [-0.05, 0) is 49.8 Å². The van der Waals surface area contributed by atoms with E-state index in [4.69, 9.17) is 9.97 Å². The number of pyridine rings is 1. The molecule has 3 aromatic rings. The second kappa shape index (κ2) is 9.82. The molecule has 4 rings (SSSR count). The van der Waals surface area contributed by atoms with Gasteiger partial charge in [0, 0.05) is 37.1 Å². The molecule has 0 aliphatic heterocycles. The Labute approximate surface area is 172 Å². The average molecular weight is 386 g/mol. The highest BCUT2D eigenvalue weighted by atomic mass is 15.1. The second-order valence-corrected chi connectivity index (χ2v) is 7.32. The van der Waals surface area contributed by atoms with E-state index >= 15 is 0 Å². The van der Waals surface area contributed by atoms with Gasteiger partial charge >= 0.3 is 0 Å². The van der Waals surface area contributed by atoms with Gasteiger partial charge in [0.1, 0.15) is 11.6 Å². The second-order valence-electron chi connectivity index (χ2n) is 7.32. The van der Waals surface area contributed by atoms with Gasteiger partial charge in [0.25, 0.3) is 0 Å². The highest BCUT2D eigenvalue weighted by Crippen LogP contribution is 2.22. The fraction of sp³-hybridized carbons (Fsp3) is 0.292. The summed E-state index contributed by atoms with van der Waals surface area (Å²) in [5.74, 6) is 2.40. The lowest BCUT2D eigenvalue weighted by atomic mass is 9.97. The third kappa shape index (κ3) is 5.64. The third-order valence-electron chi connectivity index (χ3n) is 5.12. The van der Waals surface area contributed by atoms with E-state index in [9.17, 15) is 0 Å². The van der Waals surface area contributed by atoms with E-state index in [-0.39, 0.29) is 0 Å². The van der Waals surface area contributed by atoms with Crippen LogP contribution in [0, 0.1) is 0 Å². The zero-order valence-corrected chi connectivity index (χ0v) is 16.6. The van der Waals surface area contributed by atoms with Crippen LogP contribution in [0.2, 0.25) is 0 Å². The molecule has 0 spiro atoms. The van der Waals surface area contributed by atoms with Crippen LogP contribution in [0.1, 0.15) is 37.7 Å². The Balaban J connectivity index is 1.48. The molecule has 5 nitrogen and oxygen atoms in total. The summed E-state index contributed by atoms with van der Waals surface area (Å²) < 4.78 is 0. The largest absolute Gasteiger partial charge is 0.370 e. The number of nitrogens with zero attached hydrogens (tertiary/aromatic N) is 3. The minimum Gasteiger partial charge on any atom is -0.370 e.